The minimum Gasteiger partial charge on any atom is -0.360 e. The second-order valence-corrected chi connectivity index (χ2v) is 7.05. The van der Waals surface area contributed by atoms with E-state index < -0.39 is 0 Å². The number of aryl methyl sites for hydroxylation is 1. The second-order valence-electron chi connectivity index (χ2n) is 7.05. The molecule has 2 N–H and O–H groups in total. The summed E-state index contributed by atoms with van der Waals surface area (Å²) in [6, 6.07) is 2.10. The minimum atomic E-state index is -0.111. The van der Waals surface area contributed by atoms with Crippen molar-refractivity contribution in [2.24, 2.45) is 5.92 Å². The number of carbonyl (C=O) groups is 2. The van der Waals surface area contributed by atoms with Crippen LogP contribution in [0.4, 0.5) is 5.82 Å². The molecule has 26 heavy (non-hydrogen) atoms. The predicted octanol–water partition coefficient (Wildman–Crippen LogP) is 0.876. The zero-order valence-corrected chi connectivity index (χ0v) is 16.2. The molecule has 1 aromatic heterocycles. The van der Waals surface area contributed by atoms with Gasteiger partial charge in [-0.05, 0) is 33.2 Å². The van der Waals surface area contributed by atoms with E-state index in [0.29, 0.717) is 37.3 Å². The van der Waals surface area contributed by atoms with E-state index in [2.05, 4.69) is 27.6 Å². The highest BCUT2D eigenvalue weighted by molar-refractivity contribution is 5.91. The molecule has 146 valence electrons. The average molecular weight is 386 g/mol. The highest BCUT2D eigenvalue weighted by atomic mass is 35.5. The summed E-state index contributed by atoms with van der Waals surface area (Å²) in [4.78, 5) is 28.7. The van der Waals surface area contributed by atoms with Gasteiger partial charge in [0, 0.05) is 44.2 Å². The van der Waals surface area contributed by atoms with Crippen LogP contribution < -0.4 is 10.6 Å². The van der Waals surface area contributed by atoms with Gasteiger partial charge in [-0.15, -0.1) is 12.4 Å². The molecule has 0 saturated carbocycles. The molecular weight excluding hydrogens is 358 g/mol. The van der Waals surface area contributed by atoms with E-state index in [1.165, 1.54) is 0 Å². The predicted molar refractivity (Wildman–Crippen MR) is 100 cm³/mol. The fraction of sp³-hybridized carbons (Fsp3) is 0.706. The topological polar surface area (TPSA) is 90.7 Å². The van der Waals surface area contributed by atoms with Crippen molar-refractivity contribution in [3.63, 3.8) is 0 Å². The largest absolute Gasteiger partial charge is 0.360 e. The Balaban J connectivity index is 0.00000243. The van der Waals surface area contributed by atoms with Crippen LogP contribution in [0.2, 0.25) is 0 Å². The van der Waals surface area contributed by atoms with E-state index in [1.54, 1.807) is 13.0 Å². The van der Waals surface area contributed by atoms with E-state index in [9.17, 15) is 9.59 Å². The van der Waals surface area contributed by atoms with Crippen LogP contribution >= 0.6 is 12.4 Å². The summed E-state index contributed by atoms with van der Waals surface area (Å²) in [5, 5.41) is 9.87. The Morgan fingerprint density at radius 2 is 2.08 bits per heavy atom. The summed E-state index contributed by atoms with van der Waals surface area (Å²) in [7, 11) is 0. The molecule has 0 aromatic carbocycles. The fourth-order valence-corrected chi connectivity index (χ4v) is 3.55. The lowest BCUT2D eigenvalue weighted by molar-refractivity contribution is -0.138. The van der Waals surface area contributed by atoms with E-state index in [1.807, 2.05) is 4.90 Å². The molecule has 2 saturated heterocycles. The summed E-state index contributed by atoms with van der Waals surface area (Å²) in [6.45, 7) is 7.95. The van der Waals surface area contributed by atoms with Crippen LogP contribution in [0.25, 0.3) is 0 Å². The van der Waals surface area contributed by atoms with Crippen LogP contribution in [0, 0.1) is 12.8 Å². The van der Waals surface area contributed by atoms with Gasteiger partial charge in [0.15, 0.2) is 5.82 Å². The number of nitrogens with zero attached hydrogens (tertiary/aromatic N) is 3. The standard InChI is InChI=1S/C17H27N5O3.ClH/c1-12-9-14(3-4-18-12)17(24)22-7-5-21(6-8-22)11-16(23)19-15-10-13(2)25-20-15;/h10,12,14,18H,3-9,11H2,1-2H3,(H,19,20,23);1H/t12-,14-;/m0./s1. The zero-order valence-electron chi connectivity index (χ0n) is 15.4. The Morgan fingerprint density at radius 1 is 1.35 bits per heavy atom. The molecule has 0 unspecified atom stereocenters. The van der Waals surface area contributed by atoms with Gasteiger partial charge in [-0.3, -0.25) is 14.5 Å². The van der Waals surface area contributed by atoms with Crippen LogP contribution in [0.5, 0.6) is 0 Å². The Bertz CT molecular complexity index is 615. The first-order chi connectivity index (χ1) is 12.0. The van der Waals surface area contributed by atoms with Crippen molar-refractivity contribution in [3.05, 3.63) is 11.8 Å². The number of anilines is 1. The smallest absolute Gasteiger partial charge is 0.239 e. The molecule has 0 radical (unpaired) electrons. The van der Waals surface area contributed by atoms with Gasteiger partial charge in [-0.25, -0.2) is 0 Å². The average Bonchev–Trinajstić information content (AvgIpc) is 2.99. The van der Waals surface area contributed by atoms with Crippen molar-refractivity contribution in [3.8, 4) is 0 Å². The van der Waals surface area contributed by atoms with Crippen molar-refractivity contribution in [2.45, 2.75) is 32.7 Å². The lowest BCUT2D eigenvalue weighted by Gasteiger charge is -2.37. The number of hydrogen-bond donors (Lipinski definition) is 2. The maximum Gasteiger partial charge on any atom is 0.239 e. The molecular formula is C17H28ClN5O3. The molecule has 0 aliphatic carbocycles. The summed E-state index contributed by atoms with van der Waals surface area (Å²) >= 11 is 0. The number of nitrogens with one attached hydrogen (secondary N) is 2. The molecule has 2 aliphatic heterocycles. The SMILES string of the molecule is Cc1cc(NC(=O)CN2CCN(C(=O)[C@H]3CCN[C@@H](C)C3)CC2)no1.Cl. The number of hydrogen-bond acceptors (Lipinski definition) is 6. The monoisotopic (exact) mass is 385 g/mol. The Morgan fingerprint density at radius 3 is 2.69 bits per heavy atom. The van der Waals surface area contributed by atoms with Gasteiger partial charge >= 0.3 is 0 Å². The van der Waals surface area contributed by atoms with E-state index in [-0.39, 0.29) is 30.1 Å². The zero-order chi connectivity index (χ0) is 17.8. The number of amides is 2. The molecule has 2 fully saturated rings. The van der Waals surface area contributed by atoms with Gasteiger partial charge in [0.05, 0.1) is 6.54 Å². The molecule has 0 bridgehead atoms. The summed E-state index contributed by atoms with van der Waals surface area (Å²) in [5.74, 6) is 1.41. The summed E-state index contributed by atoms with van der Waals surface area (Å²) in [5.41, 5.74) is 0. The molecule has 8 nitrogen and oxygen atoms in total. The van der Waals surface area contributed by atoms with Gasteiger partial charge < -0.3 is 20.1 Å². The highest BCUT2D eigenvalue weighted by Crippen LogP contribution is 2.19. The second kappa shape index (κ2) is 9.34. The van der Waals surface area contributed by atoms with Crippen molar-refractivity contribution < 1.29 is 14.1 Å². The lowest BCUT2D eigenvalue weighted by Crippen LogP contribution is -2.53. The first-order valence-electron chi connectivity index (χ1n) is 8.99. The molecule has 1 aromatic rings. The van der Waals surface area contributed by atoms with E-state index in [4.69, 9.17) is 4.52 Å². The maximum atomic E-state index is 12.7. The van der Waals surface area contributed by atoms with Crippen molar-refractivity contribution >= 4 is 30.0 Å². The van der Waals surface area contributed by atoms with Crippen LogP contribution in [0.1, 0.15) is 25.5 Å². The quantitative estimate of drug-likeness (QED) is 0.799. The first kappa shape index (κ1) is 20.7. The Labute approximate surface area is 160 Å². The molecule has 9 heteroatoms. The Kier molecular flexibility index (Phi) is 7.43. The maximum absolute atomic E-state index is 12.7. The Hall–Kier alpha value is -1.64. The number of aromatic nitrogens is 1. The van der Waals surface area contributed by atoms with Crippen molar-refractivity contribution in [1.82, 2.24) is 20.3 Å². The highest BCUT2D eigenvalue weighted by Gasteiger charge is 2.30. The van der Waals surface area contributed by atoms with Crippen molar-refractivity contribution in [1.29, 1.82) is 0 Å². The summed E-state index contributed by atoms with van der Waals surface area (Å²) in [6.07, 6.45) is 1.83. The third kappa shape index (κ3) is 5.43. The van der Waals surface area contributed by atoms with Crippen LogP contribution in [-0.2, 0) is 9.59 Å². The number of rotatable bonds is 4. The fourth-order valence-electron chi connectivity index (χ4n) is 3.55. The van der Waals surface area contributed by atoms with Gasteiger partial charge in [-0.2, -0.15) is 0 Å². The molecule has 2 amide bonds. The van der Waals surface area contributed by atoms with Gasteiger partial charge in [0.1, 0.15) is 5.76 Å². The van der Waals surface area contributed by atoms with E-state index >= 15 is 0 Å². The van der Waals surface area contributed by atoms with Gasteiger partial charge in [-0.1, -0.05) is 5.16 Å². The van der Waals surface area contributed by atoms with Crippen molar-refractivity contribution in [2.75, 3.05) is 44.6 Å². The molecule has 3 heterocycles. The molecule has 3 rings (SSSR count). The summed E-state index contributed by atoms with van der Waals surface area (Å²) < 4.78 is 4.93. The molecule has 2 atom stereocenters. The van der Waals surface area contributed by atoms with Crippen LogP contribution in [0.15, 0.2) is 10.6 Å². The third-order valence-electron chi connectivity index (χ3n) is 4.92. The molecule has 0 spiro atoms. The lowest BCUT2D eigenvalue weighted by atomic mass is 9.92. The van der Waals surface area contributed by atoms with Crippen LogP contribution in [0.3, 0.4) is 0 Å². The number of halogens is 1. The number of piperazine rings is 1. The van der Waals surface area contributed by atoms with Gasteiger partial charge in [0.2, 0.25) is 11.8 Å². The first-order valence-corrected chi connectivity index (χ1v) is 8.99. The van der Waals surface area contributed by atoms with E-state index in [0.717, 1.165) is 32.5 Å². The normalized spacial score (nSPS) is 24.0. The van der Waals surface area contributed by atoms with Crippen LogP contribution in [-0.4, -0.2) is 72.1 Å². The number of carbonyl (C=O) groups excluding carboxylic acids is 2. The minimum absolute atomic E-state index is 0. The number of piperidine rings is 1. The third-order valence-corrected chi connectivity index (χ3v) is 4.92. The van der Waals surface area contributed by atoms with Gasteiger partial charge in [0.25, 0.3) is 0 Å². The molecule has 2 aliphatic rings.